The van der Waals surface area contributed by atoms with Gasteiger partial charge in [-0.3, -0.25) is 9.36 Å². The molecule has 38 heavy (non-hydrogen) atoms. The van der Waals surface area contributed by atoms with Gasteiger partial charge in [-0.15, -0.1) is 4.72 Å². The van der Waals surface area contributed by atoms with E-state index in [0.717, 1.165) is 32.4 Å². The van der Waals surface area contributed by atoms with Crippen molar-refractivity contribution in [1.82, 2.24) is 19.3 Å². The number of hydrogen-bond donors (Lipinski definition) is 2. The van der Waals surface area contributed by atoms with Gasteiger partial charge in [-0.25, -0.2) is 9.97 Å². The summed E-state index contributed by atoms with van der Waals surface area (Å²) in [6.45, 7) is 7.51. The number of halogens is 1. The summed E-state index contributed by atoms with van der Waals surface area (Å²) in [5, 5.41) is 0.332. The number of nitrogen functional groups attached to an aromatic ring is 1. The Morgan fingerprint density at radius 3 is 2.61 bits per heavy atom. The number of nitrogens with one attached hydrogen (secondary N) is 1. The van der Waals surface area contributed by atoms with Crippen LogP contribution in [0.4, 0.5) is 11.8 Å². The molecule has 1 fully saturated rings. The van der Waals surface area contributed by atoms with Gasteiger partial charge in [-0.05, 0) is 57.2 Å². The van der Waals surface area contributed by atoms with E-state index in [1.54, 1.807) is 30.1 Å². The van der Waals surface area contributed by atoms with Gasteiger partial charge in [0.05, 0.1) is 22.2 Å². The van der Waals surface area contributed by atoms with Crippen molar-refractivity contribution in [2.45, 2.75) is 60.6 Å². The highest BCUT2D eigenvalue weighted by Crippen LogP contribution is 2.52. The molecule has 5 rings (SSSR count). The third-order valence-corrected chi connectivity index (χ3v) is 10.7. The van der Waals surface area contributed by atoms with E-state index in [9.17, 15) is 9.35 Å². The van der Waals surface area contributed by atoms with E-state index >= 15 is 0 Å². The molecular weight excluding hydrogens is 540 g/mol. The molecule has 2 aliphatic rings. The minimum absolute atomic E-state index is 0.0222. The molecule has 1 aliphatic heterocycles. The first-order valence-corrected chi connectivity index (χ1v) is 15.0. The zero-order valence-corrected chi connectivity index (χ0v) is 24.4. The number of fused-ring (bicyclic) bond motifs is 1. The summed E-state index contributed by atoms with van der Waals surface area (Å²) < 4.78 is 17.9. The molecule has 1 saturated heterocycles. The van der Waals surface area contributed by atoms with Crippen LogP contribution in [-0.4, -0.2) is 36.9 Å². The number of nitrogens with two attached hydrogens (primary N) is 1. The van der Waals surface area contributed by atoms with E-state index in [-0.39, 0.29) is 27.6 Å². The van der Waals surface area contributed by atoms with Crippen LogP contribution < -0.4 is 20.9 Å². The largest absolute Gasteiger partial charge is 0.598 e. The molecule has 8 nitrogen and oxygen atoms in total. The lowest BCUT2D eigenvalue weighted by Gasteiger charge is -2.44. The lowest BCUT2D eigenvalue weighted by molar-refractivity contribution is 0.175. The zero-order valence-electron chi connectivity index (χ0n) is 22.0. The summed E-state index contributed by atoms with van der Waals surface area (Å²) in [6.07, 6.45) is 5.94. The van der Waals surface area contributed by atoms with Crippen LogP contribution in [0.2, 0.25) is 5.02 Å². The van der Waals surface area contributed by atoms with Crippen LogP contribution in [0.1, 0.15) is 50.8 Å². The molecule has 11 heteroatoms. The summed E-state index contributed by atoms with van der Waals surface area (Å²) in [4.78, 5) is 25.2. The smallest absolute Gasteiger partial charge is 0.268 e. The van der Waals surface area contributed by atoms with Crippen molar-refractivity contribution < 1.29 is 4.55 Å². The maximum atomic E-state index is 13.2. The fourth-order valence-electron chi connectivity index (χ4n) is 5.39. The zero-order chi connectivity index (χ0) is 27.2. The Labute approximate surface area is 235 Å². The Kier molecular flexibility index (Phi) is 7.47. The molecule has 0 amide bonds. The van der Waals surface area contributed by atoms with Crippen molar-refractivity contribution in [2.75, 3.05) is 23.7 Å². The number of hydrogen-bond acceptors (Lipinski definition) is 8. The van der Waals surface area contributed by atoms with Crippen molar-refractivity contribution in [1.29, 1.82) is 0 Å². The van der Waals surface area contributed by atoms with Crippen molar-refractivity contribution in [3.63, 3.8) is 0 Å². The Bertz CT molecular complexity index is 1400. The lowest BCUT2D eigenvalue weighted by Crippen LogP contribution is -2.50. The van der Waals surface area contributed by atoms with Gasteiger partial charge in [0.2, 0.25) is 5.95 Å². The summed E-state index contributed by atoms with van der Waals surface area (Å²) in [5.41, 5.74) is 8.22. The first kappa shape index (κ1) is 27.3. The van der Waals surface area contributed by atoms with Gasteiger partial charge >= 0.3 is 0 Å². The van der Waals surface area contributed by atoms with Crippen LogP contribution in [-0.2, 0) is 24.8 Å². The van der Waals surface area contributed by atoms with Crippen LogP contribution in [0.3, 0.4) is 0 Å². The Morgan fingerprint density at radius 1 is 1.18 bits per heavy atom. The Morgan fingerprint density at radius 2 is 1.89 bits per heavy atom. The third kappa shape index (κ3) is 5.04. The van der Waals surface area contributed by atoms with Crippen LogP contribution in [0.5, 0.6) is 0 Å². The van der Waals surface area contributed by atoms with E-state index in [0.29, 0.717) is 20.8 Å². The molecule has 1 spiro atoms. The molecule has 1 aromatic carbocycles. The van der Waals surface area contributed by atoms with E-state index in [2.05, 4.69) is 43.9 Å². The van der Waals surface area contributed by atoms with E-state index in [1.165, 1.54) is 22.9 Å². The summed E-state index contributed by atoms with van der Waals surface area (Å²) in [6, 6.07) is 10.3. The number of anilines is 2. The average molecular weight is 573 g/mol. The summed E-state index contributed by atoms with van der Waals surface area (Å²) in [5.74, 6) is 0.876. The highest BCUT2D eigenvalue weighted by atomic mass is 35.5. The fraction of sp³-hybridized carbons (Fsp3) is 0.444. The van der Waals surface area contributed by atoms with Crippen molar-refractivity contribution >= 4 is 46.5 Å². The molecule has 2 aromatic heterocycles. The molecular formula is C27H33ClN6O2S2. The predicted octanol–water partition coefficient (Wildman–Crippen LogP) is 4.50. The number of rotatable bonds is 5. The minimum atomic E-state index is -1.18. The average Bonchev–Trinajstić information content (AvgIpc) is 3.17. The van der Waals surface area contributed by atoms with Crippen molar-refractivity contribution in [3.05, 3.63) is 69.2 Å². The van der Waals surface area contributed by atoms with Gasteiger partial charge in [-0.1, -0.05) is 47.6 Å². The molecule has 0 bridgehead atoms. The van der Waals surface area contributed by atoms with Gasteiger partial charge < -0.3 is 15.2 Å². The number of pyridine rings is 1. The van der Waals surface area contributed by atoms with Crippen LogP contribution >= 0.6 is 23.4 Å². The van der Waals surface area contributed by atoms with Crippen LogP contribution in [0, 0.1) is 5.41 Å². The Balaban J connectivity index is 1.36. The standard InChI is InChI=1S/C27H33ClN6O2S2/c1-26(2,3)38(36)32-22-18-8-6-5-7-17(18)15-27(22)10-13-34(14-11-27)25-31-16-20(24(35)33(25)4)37-19-9-12-30-23(29)21(19)28/h5-9,12,16,22,32H,10-11,13-15H2,1-4H3,(H2,29,30)/t22-,38?/m1/s1. The first-order valence-electron chi connectivity index (χ1n) is 12.6. The number of aromatic nitrogens is 3. The summed E-state index contributed by atoms with van der Waals surface area (Å²) in [7, 11) is 1.75. The maximum Gasteiger partial charge on any atom is 0.268 e. The van der Waals surface area contributed by atoms with E-state index in [4.69, 9.17) is 17.3 Å². The highest BCUT2D eigenvalue weighted by molar-refractivity contribution is 7.99. The third-order valence-electron chi connectivity index (χ3n) is 7.56. The monoisotopic (exact) mass is 572 g/mol. The molecule has 202 valence electrons. The molecule has 2 atom stereocenters. The van der Waals surface area contributed by atoms with Gasteiger partial charge in [0, 0.05) is 48.0 Å². The van der Waals surface area contributed by atoms with Crippen LogP contribution in [0.25, 0.3) is 0 Å². The van der Waals surface area contributed by atoms with E-state index < -0.39 is 11.4 Å². The molecule has 0 saturated carbocycles. The van der Waals surface area contributed by atoms with Crippen molar-refractivity contribution in [2.24, 2.45) is 12.5 Å². The van der Waals surface area contributed by atoms with Crippen molar-refractivity contribution in [3.8, 4) is 0 Å². The molecule has 3 aromatic rings. The SMILES string of the molecule is Cn1c(N2CCC3(CC2)Cc2ccccc2[C@H]3N[S+]([O-])C(C)(C)C)ncc(Sc2ccnc(N)c2Cl)c1=O. The number of nitrogens with zero attached hydrogens (tertiary/aromatic N) is 4. The van der Waals surface area contributed by atoms with E-state index in [1.807, 2.05) is 20.8 Å². The topological polar surface area (TPSA) is 112 Å². The number of piperidine rings is 1. The van der Waals surface area contributed by atoms with Gasteiger partial charge in [0.1, 0.15) is 10.6 Å². The van der Waals surface area contributed by atoms with Gasteiger partial charge in [0.15, 0.2) is 0 Å². The molecule has 1 unspecified atom stereocenters. The van der Waals surface area contributed by atoms with Gasteiger partial charge in [-0.2, -0.15) is 0 Å². The minimum Gasteiger partial charge on any atom is -0.598 e. The first-order chi connectivity index (χ1) is 18.0. The highest BCUT2D eigenvalue weighted by Gasteiger charge is 2.50. The fourth-order valence-corrected chi connectivity index (χ4v) is 7.46. The molecule has 3 N–H and O–H groups in total. The molecule has 0 radical (unpaired) electrons. The summed E-state index contributed by atoms with van der Waals surface area (Å²) >= 11 is 6.33. The quantitative estimate of drug-likeness (QED) is 0.430. The Hall–Kier alpha value is -2.24. The second-order valence-electron chi connectivity index (χ2n) is 11.1. The molecule has 1 aliphatic carbocycles. The number of benzene rings is 1. The predicted molar refractivity (Wildman–Crippen MR) is 155 cm³/mol. The second-order valence-corrected chi connectivity index (χ2v) is 14.5. The molecule has 3 heterocycles. The lowest BCUT2D eigenvalue weighted by atomic mass is 9.73. The van der Waals surface area contributed by atoms with Crippen LogP contribution in [0.15, 0.2) is 57.3 Å². The normalized spacial score (nSPS) is 19.5. The van der Waals surface area contributed by atoms with Gasteiger partial charge in [0.25, 0.3) is 5.56 Å². The second kappa shape index (κ2) is 10.4. The maximum absolute atomic E-state index is 13.2.